The first-order valence-corrected chi connectivity index (χ1v) is 5.49. The molecule has 7 nitrogen and oxygen atoms in total. The number of anilines is 2. The first-order valence-electron chi connectivity index (χ1n) is 5.49. The van der Waals surface area contributed by atoms with E-state index in [0.29, 0.717) is 17.2 Å². The minimum absolute atomic E-state index is 0.149. The van der Waals surface area contributed by atoms with Gasteiger partial charge in [-0.15, -0.1) is 0 Å². The summed E-state index contributed by atoms with van der Waals surface area (Å²) in [5.74, 6) is 0.991. The molecule has 0 saturated carbocycles. The van der Waals surface area contributed by atoms with Crippen LogP contribution < -0.4 is 11.5 Å². The molecule has 0 fully saturated rings. The fourth-order valence-corrected chi connectivity index (χ4v) is 1.76. The molecular formula is C12H10N6O. The molecule has 3 aromatic rings. The average Bonchev–Trinajstić information content (AvgIpc) is 2.93. The van der Waals surface area contributed by atoms with Crippen molar-refractivity contribution in [3.63, 3.8) is 0 Å². The molecule has 2 heterocycles. The SMILES string of the molecule is Nc1ncc(-c2cccc(-c3ncon3)c2)c(N)n1. The highest BCUT2D eigenvalue weighted by atomic mass is 16.5. The number of nitrogens with zero attached hydrogens (tertiary/aromatic N) is 4. The maximum atomic E-state index is 5.84. The van der Waals surface area contributed by atoms with Crippen LogP contribution in [0.3, 0.4) is 0 Å². The average molecular weight is 254 g/mol. The summed E-state index contributed by atoms with van der Waals surface area (Å²) in [6, 6.07) is 7.53. The topological polar surface area (TPSA) is 117 Å². The molecule has 0 unspecified atom stereocenters. The Kier molecular flexibility index (Phi) is 2.57. The van der Waals surface area contributed by atoms with Crippen molar-refractivity contribution >= 4 is 11.8 Å². The molecule has 94 valence electrons. The predicted octanol–water partition coefficient (Wildman–Crippen LogP) is 1.36. The van der Waals surface area contributed by atoms with E-state index < -0.39 is 0 Å². The molecule has 4 N–H and O–H groups in total. The second kappa shape index (κ2) is 4.37. The van der Waals surface area contributed by atoms with Crippen molar-refractivity contribution in [2.45, 2.75) is 0 Å². The molecule has 2 aromatic heterocycles. The highest BCUT2D eigenvalue weighted by Gasteiger charge is 2.08. The summed E-state index contributed by atoms with van der Waals surface area (Å²) in [7, 11) is 0. The van der Waals surface area contributed by atoms with Crippen LogP contribution in [0.25, 0.3) is 22.5 Å². The molecule has 0 spiro atoms. The van der Waals surface area contributed by atoms with Crippen LogP contribution in [-0.2, 0) is 0 Å². The van der Waals surface area contributed by atoms with Crippen molar-refractivity contribution in [3.8, 4) is 22.5 Å². The van der Waals surface area contributed by atoms with Crippen molar-refractivity contribution in [1.82, 2.24) is 20.1 Å². The van der Waals surface area contributed by atoms with Gasteiger partial charge >= 0.3 is 0 Å². The van der Waals surface area contributed by atoms with Crippen molar-refractivity contribution in [2.75, 3.05) is 11.5 Å². The molecule has 0 aliphatic carbocycles. The molecule has 3 rings (SSSR count). The lowest BCUT2D eigenvalue weighted by Crippen LogP contribution is -2.01. The van der Waals surface area contributed by atoms with Crippen LogP contribution in [0.2, 0.25) is 0 Å². The summed E-state index contributed by atoms with van der Waals surface area (Å²) >= 11 is 0. The largest absolute Gasteiger partial charge is 0.383 e. The molecule has 0 amide bonds. The van der Waals surface area contributed by atoms with E-state index in [0.717, 1.165) is 11.1 Å². The Hall–Kier alpha value is -2.96. The quantitative estimate of drug-likeness (QED) is 0.708. The molecule has 0 aliphatic heterocycles. The highest BCUT2D eigenvalue weighted by Crippen LogP contribution is 2.27. The summed E-state index contributed by atoms with van der Waals surface area (Å²) in [4.78, 5) is 11.9. The molecule has 0 atom stereocenters. The molecule has 7 heteroatoms. The number of rotatable bonds is 2. The van der Waals surface area contributed by atoms with Gasteiger partial charge in [0.25, 0.3) is 0 Å². The first kappa shape index (κ1) is 11.1. The van der Waals surface area contributed by atoms with Crippen molar-refractivity contribution in [1.29, 1.82) is 0 Å². The van der Waals surface area contributed by atoms with Gasteiger partial charge < -0.3 is 16.0 Å². The van der Waals surface area contributed by atoms with Gasteiger partial charge in [-0.05, 0) is 11.6 Å². The van der Waals surface area contributed by atoms with Gasteiger partial charge in [-0.3, -0.25) is 0 Å². The van der Waals surface area contributed by atoms with Gasteiger partial charge in [0.2, 0.25) is 18.2 Å². The van der Waals surface area contributed by atoms with E-state index >= 15 is 0 Å². The van der Waals surface area contributed by atoms with E-state index in [1.165, 1.54) is 6.39 Å². The molecule has 0 radical (unpaired) electrons. The van der Waals surface area contributed by atoms with Crippen LogP contribution in [0.4, 0.5) is 11.8 Å². The summed E-state index contributed by atoms with van der Waals surface area (Å²) in [6.07, 6.45) is 2.87. The lowest BCUT2D eigenvalue weighted by atomic mass is 10.0. The zero-order chi connectivity index (χ0) is 13.2. The van der Waals surface area contributed by atoms with E-state index in [4.69, 9.17) is 16.0 Å². The van der Waals surface area contributed by atoms with Gasteiger partial charge in [-0.1, -0.05) is 23.4 Å². The Morgan fingerprint density at radius 1 is 1.05 bits per heavy atom. The molecular weight excluding hydrogens is 244 g/mol. The summed E-state index contributed by atoms with van der Waals surface area (Å²) in [6.45, 7) is 0. The molecule has 0 aliphatic rings. The van der Waals surface area contributed by atoms with Gasteiger partial charge in [0.1, 0.15) is 5.82 Å². The third-order valence-corrected chi connectivity index (χ3v) is 2.63. The lowest BCUT2D eigenvalue weighted by molar-refractivity contribution is 0.419. The fraction of sp³-hybridized carbons (Fsp3) is 0. The van der Waals surface area contributed by atoms with Crippen LogP contribution >= 0.6 is 0 Å². The Balaban J connectivity index is 2.08. The van der Waals surface area contributed by atoms with Crippen LogP contribution in [0.5, 0.6) is 0 Å². The molecule has 1 aromatic carbocycles. The van der Waals surface area contributed by atoms with Gasteiger partial charge in [0.15, 0.2) is 0 Å². The number of hydrogen-bond acceptors (Lipinski definition) is 7. The van der Waals surface area contributed by atoms with Crippen LogP contribution in [0.1, 0.15) is 0 Å². The Labute approximate surface area is 108 Å². The van der Waals surface area contributed by atoms with Gasteiger partial charge in [-0.2, -0.15) is 9.97 Å². The van der Waals surface area contributed by atoms with Gasteiger partial charge in [-0.25, -0.2) is 4.98 Å². The van der Waals surface area contributed by atoms with Crippen LogP contribution in [0, 0.1) is 0 Å². The second-order valence-electron chi connectivity index (χ2n) is 3.86. The third kappa shape index (κ3) is 2.08. The Morgan fingerprint density at radius 2 is 1.89 bits per heavy atom. The van der Waals surface area contributed by atoms with Crippen molar-refractivity contribution in [3.05, 3.63) is 36.9 Å². The smallest absolute Gasteiger partial charge is 0.221 e. The number of aromatic nitrogens is 4. The standard InChI is InChI=1S/C12H10N6O/c13-10-9(5-15-12(14)17-10)7-2-1-3-8(4-7)11-16-6-19-18-11/h1-6H,(H4,13,14,15,17). The van der Waals surface area contributed by atoms with Crippen molar-refractivity contribution < 1.29 is 4.52 Å². The third-order valence-electron chi connectivity index (χ3n) is 2.63. The number of nitrogen functional groups attached to an aromatic ring is 2. The highest BCUT2D eigenvalue weighted by molar-refractivity contribution is 5.76. The number of nitrogens with two attached hydrogens (primary N) is 2. The van der Waals surface area contributed by atoms with Crippen molar-refractivity contribution in [2.24, 2.45) is 0 Å². The summed E-state index contributed by atoms with van der Waals surface area (Å²) in [5.41, 5.74) is 13.7. The first-order chi connectivity index (χ1) is 9.24. The fourth-order valence-electron chi connectivity index (χ4n) is 1.76. The lowest BCUT2D eigenvalue weighted by Gasteiger charge is -2.06. The Morgan fingerprint density at radius 3 is 2.63 bits per heavy atom. The second-order valence-corrected chi connectivity index (χ2v) is 3.86. The van der Waals surface area contributed by atoms with Gasteiger partial charge in [0.05, 0.1) is 0 Å². The van der Waals surface area contributed by atoms with E-state index in [2.05, 4.69) is 20.1 Å². The maximum absolute atomic E-state index is 5.84. The number of benzene rings is 1. The van der Waals surface area contributed by atoms with Crippen LogP contribution in [-0.4, -0.2) is 20.1 Å². The molecule has 0 bridgehead atoms. The van der Waals surface area contributed by atoms with Gasteiger partial charge in [0, 0.05) is 17.3 Å². The van der Waals surface area contributed by atoms with Crippen LogP contribution in [0.15, 0.2) is 41.4 Å². The monoisotopic (exact) mass is 254 g/mol. The molecule has 0 saturated heterocycles. The van der Waals surface area contributed by atoms with E-state index in [1.54, 1.807) is 6.20 Å². The Bertz CT molecular complexity index is 710. The minimum Gasteiger partial charge on any atom is -0.383 e. The van der Waals surface area contributed by atoms with E-state index in [1.807, 2.05) is 24.3 Å². The van der Waals surface area contributed by atoms with E-state index in [-0.39, 0.29) is 5.95 Å². The predicted molar refractivity (Wildman–Crippen MR) is 69.6 cm³/mol. The molecule has 19 heavy (non-hydrogen) atoms. The number of hydrogen-bond donors (Lipinski definition) is 2. The maximum Gasteiger partial charge on any atom is 0.221 e. The normalized spacial score (nSPS) is 10.5. The van der Waals surface area contributed by atoms with E-state index in [9.17, 15) is 0 Å². The minimum atomic E-state index is 0.149. The summed E-state index contributed by atoms with van der Waals surface area (Å²) < 4.78 is 4.73. The summed E-state index contributed by atoms with van der Waals surface area (Å²) in [5, 5.41) is 3.79. The zero-order valence-electron chi connectivity index (χ0n) is 9.82. The zero-order valence-corrected chi connectivity index (χ0v) is 9.82.